The van der Waals surface area contributed by atoms with Gasteiger partial charge in [-0.3, -0.25) is 4.79 Å². The summed E-state index contributed by atoms with van der Waals surface area (Å²) in [5, 5.41) is 2.95. The van der Waals surface area contributed by atoms with Crippen LogP contribution in [-0.4, -0.2) is 22.1 Å². The predicted molar refractivity (Wildman–Crippen MR) is 128 cm³/mol. The highest BCUT2D eigenvalue weighted by Gasteiger charge is 2.09. The van der Waals surface area contributed by atoms with Crippen LogP contribution in [0.1, 0.15) is 21.5 Å². The summed E-state index contributed by atoms with van der Waals surface area (Å²) in [7, 11) is 0. The third-order valence-corrected chi connectivity index (χ3v) is 5.61. The Morgan fingerprint density at radius 2 is 1.78 bits per heavy atom. The molecule has 0 aliphatic heterocycles. The van der Waals surface area contributed by atoms with E-state index in [-0.39, 0.29) is 5.91 Å². The highest BCUT2D eigenvalue weighted by atomic mass is 32.2. The van der Waals surface area contributed by atoms with Gasteiger partial charge in [0.25, 0.3) is 5.91 Å². The first kappa shape index (κ1) is 21.6. The van der Waals surface area contributed by atoms with Crippen molar-refractivity contribution in [2.45, 2.75) is 18.4 Å². The molecule has 1 aromatic heterocycles. The molecule has 0 saturated heterocycles. The van der Waals surface area contributed by atoms with Crippen LogP contribution in [0.15, 0.2) is 90.0 Å². The lowest BCUT2D eigenvalue weighted by molar-refractivity contribution is 0.0950. The van der Waals surface area contributed by atoms with Crippen LogP contribution in [-0.2, 0) is 6.54 Å². The lowest BCUT2D eigenvalue weighted by atomic mass is 10.1. The Morgan fingerprint density at radius 3 is 2.53 bits per heavy atom. The first-order valence-electron chi connectivity index (χ1n) is 10.2. The Kier molecular flexibility index (Phi) is 6.82. The standard InChI is InChI=1S/C26H23N3O2S/c1-18-6-10-20(11-7-18)25-27-15-14-24(29-25)31-22-5-3-4-21(16-22)26(30)28-17-19-8-12-23(32-2)13-9-19/h3-16H,17H2,1-2H3,(H,28,30). The maximum Gasteiger partial charge on any atom is 0.251 e. The van der Waals surface area contributed by atoms with Gasteiger partial charge in [-0.05, 0) is 49.1 Å². The van der Waals surface area contributed by atoms with Crippen molar-refractivity contribution in [3.63, 3.8) is 0 Å². The average Bonchev–Trinajstić information content (AvgIpc) is 2.83. The maximum atomic E-state index is 12.6. The van der Waals surface area contributed by atoms with E-state index >= 15 is 0 Å². The fourth-order valence-corrected chi connectivity index (χ4v) is 3.50. The van der Waals surface area contributed by atoms with Crippen molar-refractivity contribution in [2.24, 2.45) is 0 Å². The van der Waals surface area contributed by atoms with Crippen LogP contribution in [0.25, 0.3) is 11.4 Å². The minimum atomic E-state index is -0.160. The van der Waals surface area contributed by atoms with Crippen molar-refractivity contribution in [1.29, 1.82) is 0 Å². The molecule has 0 saturated carbocycles. The van der Waals surface area contributed by atoms with Gasteiger partial charge in [0, 0.05) is 34.8 Å². The van der Waals surface area contributed by atoms with Crippen molar-refractivity contribution in [3.8, 4) is 23.0 Å². The average molecular weight is 442 g/mol. The van der Waals surface area contributed by atoms with Gasteiger partial charge in [0.05, 0.1) is 0 Å². The van der Waals surface area contributed by atoms with Gasteiger partial charge in [0.2, 0.25) is 5.88 Å². The zero-order valence-corrected chi connectivity index (χ0v) is 18.7. The molecule has 4 rings (SSSR count). The number of aryl methyl sites for hydroxylation is 1. The van der Waals surface area contributed by atoms with Crippen LogP contribution in [0.4, 0.5) is 0 Å². The molecule has 0 fully saturated rings. The zero-order chi connectivity index (χ0) is 22.3. The Hall–Kier alpha value is -3.64. The summed E-state index contributed by atoms with van der Waals surface area (Å²) in [5.74, 6) is 1.38. The van der Waals surface area contributed by atoms with Crippen molar-refractivity contribution < 1.29 is 9.53 Å². The number of ether oxygens (including phenoxy) is 1. The molecule has 1 heterocycles. The normalized spacial score (nSPS) is 10.6. The third kappa shape index (κ3) is 5.53. The van der Waals surface area contributed by atoms with Crippen LogP contribution in [0.3, 0.4) is 0 Å². The molecule has 160 valence electrons. The number of nitrogens with one attached hydrogen (secondary N) is 1. The van der Waals surface area contributed by atoms with E-state index in [9.17, 15) is 4.79 Å². The van der Waals surface area contributed by atoms with Gasteiger partial charge >= 0.3 is 0 Å². The summed E-state index contributed by atoms with van der Waals surface area (Å²) >= 11 is 1.69. The molecular formula is C26H23N3O2S. The number of aromatic nitrogens is 2. The summed E-state index contributed by atoms with van der Waals surface area (Å²) < 4.78 is 5.91. The van der Waals surface area contributed by atoms with Gasteiger partial charge in [-0.2, -0.15) is 4.98 Å². The summed E-state index contributed by atoms with van der Waals surface area (Å²) in [6.07, 6.45) is 3.70. The van der Waals surface area contributed by atoms with Gasteiger partial charge in [-0.1, -0.05) is 48.0 Å². The van der Waals surface area contributed by atoms with E-state index in [1.807, 2.05) is 61.7 Å². The molecular weight excluding hydrogens is 418 g/mol. The van der Waals surface area contributed by atoms with Gasteiger partial charge in [0.1, 0.15) is 5.75 Å². The maximum absolute atomic E-state index is 12.6. The number of hydrogen-bond donors (Lipinski definition) is 1. The molecule has 0 aliphatic carbocycles. The quantitative estimate of drug-likeness (QED) is 0.362. The molecule has 0 radical (unpaired) electrons. The molecule has 0 spiro atoms. The Bertz CT molecular complexity index is 1210. The van der Waals surface area contributed by atoms with Crippen molar-refractivity contribution in [2.75, 3.05) is 6.26 Å². The summed E-state index contributed by atoms with van der Waals surface area (Å²) in [6.45, 7) is 2.50. The molecule has 5 nitrogen and oxygen atoms in total. The fourth-order valence-electron chi connectivity index (χ4n) is 3.09. The Labute approximate surface area is 191 Å². The molecule has 0 unspecified atom stereocenters. The van der Waals surface area contributed by atoms with E-state index in [0.717, 1.165) is 11.1 Å². The lowest BCUT2D eigenvalue weighted by Crippen LogP contribution is -2.22. The van der Waals surface area contributed by atoms with E-state index in [1.54, 1.807) is 48.3 Å². The van der Waals surface area contributed by atoms with Gasteiger partial charge in [-0.15, -0.1) is 11.8 Å². The second-order valence-corrected chi connectivity index (χ2v) is 8.12. The Balaban J connectivity index is 1.43. The first-order valence-corrected chi connectivity index (χ1v) is 11.4. The summed E-state index contributed by atoms with van der Waals surface area (Å²) in [4.78, 5) is 22.6. The largest absolute Gasteiger partial charge is 0.439 e. The molecule has 0 aliphatic rings. The number of rotatable bonds is 7. The van der Waals surface area contributed by atoms with Crippen LogP contribution in [0.2, 0.25) is 0 Å². The second-order valence-electron chi connectivity index (χ2n) is 7.25. The molecule has 0 atom stereocenters. The number of nitrogens with zero attached hydrogens (tertiary/aromatic N) is 2. The van der Waals surface area contributed by atoms with E-state index in [1.165, 1.54) is 10.5 Å². The number of hydrogen-bond acceptors (Lipinski definition) is 5. The highest BCUT2D eigenvalue weighted by molar-refractivity contribution is 7.98. The summed E-state index contributed by atoms with van der Waals surface area (Å²) in [5.41, 5.74) is 3.66. The Morgan fingerprint density at radius 1 is 1.00 bits per heavy atom. The minimum absolute atomic E-state index is 0.160. The topological polar surface area (TPSA) is 64.1 Å². The van der Waals surface area contributed by atoms with E-state index < -0.39 is 0 Å². The second kappa shape index (κ2) is 10.1. The van der Waals surface area contributed by atoms with Gasteiger partial charge < -0.3 is 10.1 Å². The highest BCUT2D eigenvalue weighted by Crippen LogP contribution is 2.23. The summed E-state index contributed by atoms with van der Waals surface area (Å²) in [6, 6.07) is 24.9. The van der Waals surface area contributed by atoms with Crippen LogP contribution >= 0.6 is 11.8 Å². The van der Waals surface area contributed by atoms with E-state index in [0.29, 0.717) is 29.6 Å². The molecule has 1 amide bonds. The molecule has 6 heteroatoms. The molecule has 4 aromatic rings. The fraction of sp³-hybridized carbons (Fsp3) is 0.115. The molecule has 3 aromatic carbocycles. The molecule has 1 N–H and O–H groups in total. The minimum Gasteiger partial charge on any atom is -0.439 e. The molecule has 32 heavy (non-hydrogen) atoms. The lowest BCUT2D eigenvalue weighted by Gasteiger charge is -2.09. The van der Waals surface area contributed by atoms with Crippen LogP contribution in [0, 0.1) is 6.92 Å². The number of thioether (sulfide) groups is 1. The number of carbonyl (C=O) groups excluding carboxylic acids is 1. The predicted octanol–water partition coefficient (Wildman–Crippen LogP) is 5.90. The smallest absolute Gasteiger partial charge is 0.251 e. The van der Waals surface area contributed by atoms with E-state index in [2.05, 4.69) is 15.3 Å². The van der Waals surface area contributed by atoms with Crippen molar-refractivity contribution >= 4 is 17.7 Å². The van der Waals surface area contributed by atoms with Crippen molar-refractivity contribution in [3.05, 3.63) is 102 Å². The third-order valence-electron chi connectivity index (χ3n) is 4.87. The number of amides is 1. The first-order chi connectivity index (χ1) is 15.6. The van der Waals surface area contributed by atoms with Crippen molar-refractivity contribution in [1.82, 2.24) is 15.3 Å². The van der Waals surface area contributed by atoms with Gasteiger partial charge in [0.15, 0.2) is 5.82 Å². The zero-order valence-electron chi connectivity index (χ0n) is 17.9. The van der Waals surface area contributed by atoms with Gasteiger partial charge in [-0.25, -0.2) is 4.98 Å². The van der Waals surface area contributed by atoms with Crippen LogP contribution in [0.5, 0.6) is 11.6 Å². The number of carbonyl (C=O) groups is 1. The van der Waals surface area contributed by atoms with Crippen LogP contribution < -0.4 is 10.1 Å². The monoisotopic (exact) mass is 441 g/mol. The van der Waals surface area contributed by atoms with E-state index in [4.69, 9.17) is 4.74 Å². The molecule has 0 bridgehead atoms. The SMILES string of the molecule is CSc1ccc(CNC(=O)c2cccc(Oc3ccnc(-c4ccc(C)cc4)n3)c2)cc1. The number of benzene rings is 3.